The van der Waals surface area contributed by atoms with E-state index in [1.54, 1.807) is 23.1 Å². The van der Waals surface area contributed by atoms with Crippen LogP contribution in [0.2, 0.25) is 0 Å². The lowest BCUT2D eigenvalue weighted by Gasteiger charge is -2.21. The first-order valence-corrected chi connectivity index (χ1v) is 9.96. The van der Waals surface area contributed by atoms with Crippen molar-refractivity contribution in [2.24, 2.45) is 4.99 Å². The van der Waals surface area contributed by atoms with Crippen molar-refractivity contribution in [3.8, 4) is 0 Å². The Labute approximate surface area is 177 Å². The molecule has 1 amide bonds. The van der Waals surface area contributed by atoms with Gasteiger partial charge < -0.3 is 0 Å². The van der Waals surface area contributed by atoms with E-state index in [4.69, 9.17) is 0 Å². The van der Waals surface area contributed by atoms with Gasteiger partial charge in [-0.15, -0.1) is 0 Å². The lowest BCUT2D eigenvalue weighted by Crippen LogP contribution is -2.33. The van der Waals surface area contributed by atoms with Crippen molar-refractivity contribution >= 4 is 39.4 Å². The van der Waals surface area contributed by atoms with Gasteiger partial charge in [0.25, 0.3) is 5.91 Å². The zero-order valence-electron chi connectivity index (χ0n) is 16.0. The summed E-state index contributed by atoms with van der Waals surface area (Å²) in [5.74, 6) is -0.145. The Bertz CT molecular complexity index is 1170. The number of aliphatic imine (C=N–C) groups is 1. The van der Waals surface area contributed by atoms with Gasteiger partial charge in [0.2, 0.25) is 0 Å². The molecule has 1 aliphatic rings. The summed E-state index contributed by atoms with van der Waals surface area (Å²) >= 11 is 3.44. The number of nitrogens with zero attached hydrogens (tertiary/aromatic N) is 2. The van der Waals surface area contributed by atoms with Crippen molar-refractivity contribution in [2.75, 3.05) is 4.90 Å². The second kappa shape index (κ2) is 7.76. The lowest BCUT2D eigenvalue weighted by molar-refractivity contribution is -0.113. The molecule has 0 aromatic heterocycles. The summed E-state index contributed by atoms with van der Waals surface area (Å²) in [5.41, 5.74) is 4.18. The summed E-state index contributed by atoms with van der Waals surface area (Å²) in [4.78, 5) is 19.5. The molecule has 3 aromatic carbocycles. The third-order valence-corrected chi connectivity index (χ3v) is 5.28. The van der Waals surface area contributed by atoms with E-state index in [9.17, 15) is 9.18 Å². The molecule has 3 nitrogen and oxygen atoms in total. The number of anilines is 1. The number of carbonyl (C=O) groups excluding carboxylic acids is 1. The number of amides is 1. The number of hydrogen-bond acceptors (Lipinski definition) is 2. The van der Waals surface area contributed by atoms with Crippen LogP contribution < -0.4 is 4.90 Å². The van der Waals surface area contributed by atoms with Crippen LogP contribution in [0.3, 0.4) is 0 Å². The summed E-state index contributed by atoms with van der Waals surface area (Å²) in [7, 11) is 0. The third kappa shape index (κ3) is 3.78. The Balaban J connectivity index is 1.87. The van der Waals surface area contributed by atoms with Crippen molar-refractivity contribution in [1.82, 2.24) is 0 Å². The Morgan fingerprint density at radius 3 is 2.41 bits per heavy atom. The molecule has 5 heteroatoms. The molecule has 0 atom stereocenters. The van der Waals surface area contributed by atoms with Crippen LogP contribution in [0, 0.1) is 19.7 Å². The molecule has 0 unspecified atom stereocenters. The van der Waals surface area contributed by atoms with Crippen molar-refractivity contribution in [3.63, 3.8) is 0 Å². The molecule has 0 aliphatic carbocycles. The SMILES string of the molecule is Cc1ccc(N2C(=O)C(=Cc3ccccc3F)N=C2c2ccc(Br)cc2)c(C)c1. The van der Waals surface area contributed by atoms with E-state index < -0.39 is 5.82 Å². The second-order valence-corrected chi connectivity index (χ2v) is 7.84. The number of amidine groups is 1. The second-order valence-electron chi connectivity index (χ2n) is 6.92. The first-order chi connectivity index (χ1) is 13.9. The first kappa shape index (κ1) is 19.3. The maximum atomic E-state index is 14.1. The molecule has 1 heterocycles. The van der Waals surface area contributed by atoms with Crippen molar-refractivity contribution in [3.05, 3.63) is 105 Å². The predicted molar refractivity (Wildman–Crippen MR) is 118 cm³/mol. The fourth-order valence-corrected chi connectivity index (χ4v) is 3.59. The summed E-state index contributed by atoms with van der Waals surface area (Å²) in [6.07, 6.45) is 1.50. The van der Waals surface area contributed by atoms with Crippen LogP contribution in [-0.2, 0) is 4.79 Å². The average Bonchev–Trinajstić information content (AvgIpc) is 3.01. The molecule has 0 saturated carbocycles. The Morgan fingerprint density at radius 2 is 1.72 bits per heavy atom. The van der Waals surface area contributed by atoms with Gasteiger partial charge in [-0.3, -0.25) is 9.69 Å². The fourth-order valence-electron chi connectivity index (χ4n) is 3.33. The molecule has 0 saturated heterocycles. The van der Waals surface area contributed by atoms with Crippen LogP contribution in [0.15, 0.2) is 81.9 Å². The van der Waals surface area contributed by atoms with Crippen molar-refractivity contribution < 1.29 is 9.18 Å². The molecule has 0 radical (unpaired) electrons. The van der Waals surface area contributed by atoms with Gasteiger partial charge in [0.1, 0.15) is 17.3 Å². The topological polar surface area (TPSA) is 32.7 Å². The van der Waals surface area contributed by atoms with Gasteiger partial charge in [-0.25, -0.2) is 9.38 Å². The lowest BCUT2D eigenvalue weighted by atomic mass is 10.1. The first-order valence-electron chi connectivity index (χ1n) is 9.16. The monoisotopic (exact) mass is 448 g/mol. The Hall–Kier alpha value is -3.05. The van der Waals surface area contributed by atoms with Gasteiger partial charge in [-0.05, 0) is 49.8 Å². The summed E-state index contributed by atoms with van der Waals surface area (Å²) in [6.45, 7) is 3.98. The molecule has 144 valence electrons. The number of halogens is 2. The van der Waals surface area contributed by atoms with Gasteiger partial charge in [0, 0.05) is 15.6 Å². The van der Waals surface area contributed by atoms with Crippen LogP contribution in [0.1, 0.15) is 22.3 Å². The van der Waals surface area contributed by atoms with E-state index in [-0.39, 0.29) is 11.6 Å². The highest BCUT2D eigenvalue weighted by Gasteiger charge is 2.33. The highest BCUT2D eigenvalue weighted by atomic mass is 79.9. The number of aryl methyl sites for hydroxylation is 2. The minimum Gasteiger partial charge on any atom is -0.266 e. The minimum absolute atomic E-state index is 0.202. The number of carbonyl (C=O) groups is 1. The highest BCUT2D eigenvalue weighted by Crippen LogP contribution is 2.31. The molecular weight excluding hydrogens is 431 g/mol. The predicted octanol–water partition coefficient (Wildman–Crippen LogP) is 6.04. The Morgan fingerprint density at radius 1 is 1.00 bits per heavy atom. The minimum atomic E-state index is -0.391. The zero-order chi connectivity index (χ0) is 20.5. The van der Waals surface area contributed by atoms with E-state index in [0.29, 0.717) is 11.4 Å². The van der Waals surface area contributed by atoms with Gasteiger partial charge in [-0.2, -0.15) is 0 Å². The van der Waals surface area contributed by atoms with E-state index >= 15 is 0 Å². The maximum absolute atomic E-state index is 14.1. The molecular formula is C24H18BrFN2O. The van der Waals surface area contributed by atoms with E-state index in [1.165, 1.54) is 12.1 Å². The number of benzene rings is 3. The highest BCUT2D eigenvalue weighted by molar-refractivity contribution is 9.10. The molecule has 29 heavy (non-hydrogen) atoms. The van der Waals surface area contributed by atoms with Crippen LogP contribution in [0.25, 0.3) is 6.08 Å². The molecule has 0 bridgehead atoms. The summed E-state index contributed by atoms with van der Waals surface area (Å²) < 4.78 is 15.1. The normalized spacial score (nSPS) is 15.2. The zero-order valence-corrected chi connectivity index (χ0v) is 17.6. The third-order valence-electron chi connectivity index (χ3n) is 4.75. The van der Waals surface area contributed by atoms with Crippen LogP contribution in [-0.4, -0.2) is 11.7 Å². The van der Waals surface area contributed by atoms with E-state index in [0.717, 1.165) is 26.9 Å². The quantitative estimate of drug-likeness (QED) is 0.449. The van der Waals surface area contributed by atoms with Crippen LogP contribution in [0.5, 0.6) is 0 Å². The molecule has 0 N–H and O–H groups in total. The van der Waals surface area contributed by atoms with E-state index in [1.807, 2.05) is 56.3 Å². The number of hydrogen-bond donors (Lipinski definition) is 0. The van der Waals surface area contributed by atoms with Crippen molar-refractivity contribution in [1.29, 1.82) is 0 Å². The van der Waals surface area contributed by atoms with Gasteiger partial charge in [0.15, 0.2) is 0 Å². The van der Waals surface area contributed by atoms with Crippen LogP contribution in [0.4, 0.5) is 10.1 Å². The average molecular weight is 449 g/mol. The van der Waals surface area contributed by atoms with Gasteiger partial charge in [-0.1, -0.05) is 64.0 Å². The molecule has 3 aromatic rings. The smallest absolute Gasteiger partial charge is 0.266 e. The van der Waals surface area contributed by atoms with Crippen molar-refractivity contribution in [2.45, 2.75) is 13.8 Å². The molecule has 0 fully saturated rings. The van der Waals surface area contributed by atoms with Gasteiger partial charge >= 0.3 is 0 Å². The number of rotatable bonds is 3. The van der Waals surface area contributed by atoms with Gasteiger partial charge in [0.05, 0.1) is 5.69 Å². The molecule has 1 aliphatic heterocycles. The van der Waals surface area contributed by atoms with Crippen LogP contribution >= 0.6 is 15.9 Å². The standard InChI is InChI=1S/C24H18BrFN2O/c1-15-7-12-22(16(2)13-15)28-23(17-8-10-19(25)11-9-17)27-21(24(28)29)14-18-5-3-4-6-20(18)26/h3-14H,1-2H3. The maximum Gasteiger partial charge on any atom is 0.282 e. The Kier molecular flexibility index (Phi) is 5.16. The largest absolute Gasteiger partial charge is 0.282 e. The van der Waals surface area contributed by atoms with E-state index in [2.05, 4.69) is 20.9 Å². The summed E-state index contributed by atoms with van der Waals surface area (Å²) in [6, 6.07) is 19.9. The summed E-state index contributed by atoms with van der Waals surface area (Å²) in [5, 5.41) is 0. The fraction of sp³-hybridized carbons (Fsp3) is 0.0833. The molecule has 4 rings (SSSR count). The molecule has 0 spiro atoms.